The monoisotopic (exact) mass is 243 g/mol. The molecule has 1 aromatic rings. The molecule has 1 aliphatic heterocycles. The Bertz CT molecular complexity index is 449. The summed E-state index contributed by atoms with van der Waals surface area (Å²) in [6.07, 6.45) is 1.16. The zero-order valence-electron chi connectivity index (χ0n) is 11.1. The lowest BCUT2D eigenvalue weighted by Gasteiger charge is -2.38. The van der Waals surface area contributed by atoms with Gasteiger partial charge in [0, 0.05) is 18.6 Å². The summed E-state index contributed by atoms with van der Waals surface area (Å²) in [7, 11) is 0. The van der Waals surface area contributed by atoms with E-state index in [1.165, 1.54) is 5.56 Å². The number of likely N-dealkylation sites (tertiary alicyclic amines) is 1. The highest BCUT2D eigenvalue weighted by Crippen LogP contribution is 2.26. The molecule has 1 saturated heterocycles. The second-order valence-electron chi connectivity index (χ2n) is 5.34. The van der Waals surface area contributed by atoms with Crippen molar-refractivity contribution in [2.24, 2.45) is 11.7 Å². The van der Waals surface area contributed by atoms with Crippen LogP contribution >= 0.6 is 0 Å². The maximum Gasteiger partial charge on any atom is 0.0991 e. The average molecular weight is 243 g/mol. The van der Waals surface area contributed by atoms with Gasteiger partial charge in [-0.2, -0.15) is 5.26 Å². The van der Waals surface area contributed by atoms with Crippen LogP contribution in [0, 0.1) is 17.2 Å². The topological polar surface area (TPSA) is 53.0 Å². The molecule has 96 valence electrons. The van der Waals surface area contributed by atoms with E-state index in [0.29, 0.717) is 12.0 Å². The van der Waals surface area contributed by atoms with Crippen LogP contribution in [0.4, 0.5) is 0 Å². The molecule has 0 amide bonds. The molecular weight excluding hydrogens is 222 g/mol. The molecule has 3 atom stereocenters. The second kappa shape index (κ2) is 5.51. The fraction of sp³-hybridized carbons (Fsp3) is 0.533. The van der Waals surface area contributed by atoms with Gasteiger partial charge in [-0.3, -0.25) is 4.90 Å². The van der Waals surface area contributed by atoms with Crippen LogP contribution in [0.15, 0.2) is 24.3 Å². The Morgan fingerprint density at radius 3 is 2.94 bits per heavy atom. The SMILES string of the molecule is CC1CCN(C(C)c2cccc(C#N)c2)CC1N. The summed E-state index contributed by atoms with van der Waals surface area (Å²) in [5.74, 6) is 0.610. The van der Waals surface area contributed by atoms with Crippen molar-refractivity contribution in [1.82, 2.24) is 4.90 Å². The quantitative estimate of drug-likeness (QED) is 0.867. The molecule has 0 bridgehead atoms. The van der Waals surface area contributed by atoms with E-state index in [4.69, 9.17) is 11.0 Å². The zero-order chi connectivity index (χ0) is 13.1. The number of nitrogens with two attached hydrogens (primary N) is 1. The molecule has 3 heteroatoms. The number of nitrogens with zero attached hydrogens (tertiary/aromatic N) is 2. The van der Waals surface area contributed by atoms with E-state index in [0.717, 1.165) is 25.1 Å². The van der Waals surface area contributed by atoms with Gasteiger partial charge in [0.05, 0.1) is 11.6 Å². The molecule has 18 heavy (non-hydrogen) atoms. The Morgan fingerprint density at radius 1 is 1.50 bits per heavy atom. The Balaban J connectivity index is 2.11. The van der Waals surface area contributed by atoms with E-state index in [1.54, 1.807) is 0 Å². The predicted octanol–water partition coefficient (Wildman–Crippen LogP) is 2.29. The summed E-state index contributed by atoms with van der Waals surface area (Å²) in [5, 5.41) is 8.95. The minimum Gasteiger partial charge on any atom is -0.326 e. The number of piperidine rings is 1. The van der Waals surface area contributed by atoms with Crippen LogP contribution in [-0.4, -0.2) is 24.0 Å². The van der Waals surface area contributed by atoms with E-state index in [1.807, 2.05) is 18.2 Å². The smallest absolute Gasteiger partial charge is 0.0991 e. The molecule has 2 N–H and O–H groups in total. The molecule has 0 aromatic heterocycles. The van der Waals surface area contributed by atoms with Gasteiger partial charge >= 0.3 is 0 Å². The minimum atomic E-state index is 0.264. The predicted molar refractivity (Wildman–Crippen MR) is 72.9 cm³/mol. The maximum atomic E-state index is 8.95. The van der Waals surface area contributed by atoms with Crippen molar-refractivity contribution in [2.75, 3.05) is 13.1 Å². The minimum absolute atomic E-state index is 0.264. The molecule has 0 aliphatic carbocycles. The van der Waals surface area contributed by atoms with Gasteiger partial charge in [0.25, 0.3) is 0 Å². The van der Waals surface area contributed by atoms with E-state index >= 15 is 0 Å². The number of benzene rings is 1. The molecule has 0 radical (unpaired) electrons. The van der Waals surface area contributed by atoms with Gasteiger partial charge in [0.15, 0.2) is 0 Å². The van der Waals surface area contributed by atoms with Crippen LogP contribution in [0.25, 0.3) is 0 Å². The Labute approximate surface area is 109 Å². The number of hydrogen-bond acceptors (Lipinski definition) is 3. The highest BCUT2D eigenvalue weighted by atomic mass is 15.2. The fourth-order valence-electron chi connectivity index (χ4n) is 2.56. The van der Waals surface area contributed by atoms with Crippen molar-refractivity contribution in [2.45, 2.75) is 32.4 Å². The van der Waals surface area contributed by atoms with Crippen LogP contribution in [0.3, 0.4) is 0 Å². The number of hydrogen-bond donors (Lipinski definition) is 1. The molecule has 2 rings (SSSR count). The molecule has 3 unspecified atom stereocenters. The lowest BCUT2D eigenvalue weighted by atomic mass is 9.92. The molecule has 0 spiro atoms. The fourth-order valence-corrected chi connectivity index (χ4v) is 2.56. The van der Waals surface area contributed by atoms with E-state index in [2.05, 4.69) is 30.9 Å². The summed E-state index contributed by atoms with van der Waals surface area (Å²) >= 11 is 0. The molecule has 1 aromatic carbocycles. The van der Waals surface area contributed by atoms with Crippen LogP contribution < -0.4 is 5.73 Å². The largest absolute Gasteiger partial charge is 0.326 e. The van der Waals surface area contributed by atoms with Gasteiger partial charge in [-0.05, 0) is 43.5 Å². The Kier molecular flexibility index (Phi) is 4.00. The van der Waals surface area contributed by atoms with Crippen LogP contribution in [0.5, 0.6) is 0 Å². The first-order valence-electron chi connectivity index (χ1n) is 6.61. The summed E-state index contributed by atoms with van der Waals surface area (Å²) in [6, 6.07) is 10.7. The van der Waals surface area contributed by atoms with Crippen molar-refractivity contribution in [3.63, 3.8) is 0 Å². The first-order valence-corrected chi connectivity index (χ1v) is 6.61. The van der Waals surface area contributed by atoms with Crippen molar-refractivity contribution in [3.05, 3.63) is 35.4 Å². The van der Waals surface area contributed by atoms with Crippen molar-refractivity contribution < 1.29 is 0 Å². The summed E-state index contributed by atoms with van der Waals surface area (Å²) in [4.78, 5) is 2.42. The van der Waals surface area contributed by atoms with E-state index in [-0.39, 0.29) is 6.04 Å². The highest BCUT2D eigenvalue weighted by Gasteiger charge is 2.26. The number of nitriles is 1. The molecule has 1 fully saturated rings. The average Bonchev–Trinajstić information content (AvgIpc) is 2.41. The summed E-state index contributed by atoms with van der Waals surface area (Å²) in [6.45, 7) is 6.45. The molecule has 0 saturated carbocycles. The highest BCUT2D eigenvalue weighted by molar-refractivity contribution is 5.34. The summed E-state index contributed by atoms with van der Waals surface area (Å²) < 4.78 is 0. The molecular formula is C15H21N3. The van der Waals surface area contributed by atoms with Gasteiger partial charge in [0.2, 0.25) is 0 Å². The maximum absolute atomic E-state index is 8.95. The Hall–Kier alpha value is -1.37. The van der Waals surface area contributed by atoms with Crippen LogP contribution in [0.1, 0.15) is 37.4 Å². The second-order valence-corrected chi connectivity index (χ2v) is 5.34. The van der Waals surface area contributed by atoms with Crippen molar-refractivity contribution >= 4 is 0 Å². The van der Waals surface area contributed by atoms with Gasteiger partial charge in [-0.25, -0.2) is 0 Å². The van der Waals surface area contributed by atoms with E-state index < -0.39 is 0 Å². The lowest BCUT2D eigenvalue weighted by Crippen LogP contribution is -2.48. The van der Waals surface area contributed by atoms with Crippen LogP contribution in [-0.2, 0) is 0 Å². The van der Waals surface area contributed by atoms with Crippen molar-refractivity contribution in [1.29, 1.82) is 5.26 Å². The molecule has 1 aliphatic rings. The first-order chi connectivity index (χ1) is 8.61. The third-order valence-corrected chi connectivity index (χ3v) is 4.09. The third-order valence-electron chi connectivity index (χ3n) is 4.09. The Morgan fingerprint density at radius 2 is 2.28 bits per heavy atom. The van der Waals surface area contributed by atoms with Crippen LogP contribution in [0.2, 0.25) is 0 Å². The normalized spacial score (nSPS) is 26.6. The van der Waals surface area contributed by atoms with Crippen molar-refractivity contribution in [3.8, 4) is 6.07 Å². The molecule has 1 heterocycles. The first kappa shape index (κ1) is 13.1. The van der Waals surface area contributed by atoms with Gasteiger partial charge in [0.1, 0.15) is 0 Å². The third kappa shape index (κ3) is 2.72. The summed E-state index contributed by atoms with van der Waals surface area (Å²) in [5.41, 5.74) is 8.08. The van der Waals surface area contributed by atoms with Gasteiger partial charge < -0.3 is 5.73 Å². The zero-order valence-corrected chi connectivity index (χ0v) is 11.1. The number of rotatable bonds is 2. The standard InChI is InChI=1S/C15H21N3/c1-11-6-7-18(10-15(11)17)12(2)14-5-3-4-13(8-14)9-16/h3-5,8,11-12,15H,6-7,10,17H2,1-2H3. The van der Waals surface area contributed by atoms with E-state index in [9.17, 15) is 0 Å². The molecule has 3 nitrogen and oxygen atoms in total. The van der Waals surface area contributed by atoms with Gasteiger partial charge in [-0.1, -0.05) is 19.1 Å². The lowest BCUT2D eigenvalue weighted by molar-refractivity contribution is 0.128. The van der Waals surface area contributed by atoms with Gasteiger partial charge in [-0.15, -0.1) is 0 Å².